The van der Waals surface area contributed by atoms with Gasteiger partial charge in [-0.2, -0.15) is 0 Å². The molecule has 2 aromatic rings. The smallest absolute Gasteiger partial charge is 0.256 e. The highest BCUT2D eigenvalue weighted by Crippen LogP contribution is 2.32. The zero-order chi connectivity index (χ0) is 14.9. The minimum Gasteiger partial charge on any atom is -0.321 e. The second kappa shape index (κ2) is 6.83. The Balaban J connectivity index is 2.32. The van der Waals surface area contributed by atoms with Crippen LogP contribution in [0, 0.1) is 3.57 Å². The average Bonchev–Trinajstić information content (AvgIpc) is 2.38. The second-order valence-electron chi connectivity index (χ2n) is 3.82. The van der Waals surface area contributed by atoms with Crippen molar-refractivity contribution in [3.63, 3.8) is 0 Å². The standard InChI is InChI=1S/C13H6BrCl3INO/c14-8-2-1-6(18)3-7(8)13(20)19-12-5-10(16)9(15)4-11(12)17/h1-5H,(H,19,20). The summed E-state index contributed by atoms with van der Waals surface area (Å²) in [5.41, 5.74) is 0.927. The summed E-state index contributed by atoms with van der Waals surface area (Å²) in [4.78, 5) is 12.3. The highest BCUT2D eigenvalue weighted by atomic mass is 127. The molecule has 0 atom stereocenters. The van der Waals surface area contributed by atoms with Crippen LogP contribution < -0.4 is 5.32 Å². The van der Waals surface area contributed by atoms with E-state index in [1.54, 1.807) is 6.07 Å². The Labute approximate surface area is 153 Å². The fraction of sp³-hybridized carbons (Fsp3) is 0. The van der Waals surface area contributed by atoms with Crippen molar-refractivity contribution in [2.45, 2.75) is 0 Å². The number of hydrogen-bond acceptors (Lipinski definition) is 1. The molecule has 0 aromatic heterocycles. The molecule has 0 radical (unpaired) electrons. The van der Waals surface area contributed by atoms with E-state index >= 15 is 0 Å². The summed E-state index contributed by atoms with van der Waals surface area (Å²) in [5.74, 6) is -0.282. The molecule has 0 unspecified atom stereocenters. The molecule has 104 valence electrons. The van der Waals surface area contributed by atoms with E-state index < -0.39 is 0 Å². The molecule has 0 heterocycles. The van der Waals surface area contributed by atoms with E-state index in [1.165, 1.54) is 12.1 Å². The Bertz CT molecular complexity index is 694. The van der Waals surface area contributed by atoms with E-state index in [-0.39, 0.29) is 5.91 Å². The molecule has 0 aliphatic rings. The van der Waals surface area contributed by atoms with E-state index in [2.05, 4.69) is 43.8 Å². The van der Waals surface area contributed by atoms with E-state index in [0.717, 1.165) is 3.57 Å². The van der Waals surface area contributed by atoms with Gasteiger partial charge in [0, 0.05) is 8.04 Å². The van der Waals surface area contributed by atoms with Crippen LogP contribution in [0.5, 0.6) is 0 Å². The third-order valence-electron chi connectivity index (χ3n) is 2.43. The zero-order valence-corrected chi connectivity index (χ0v) is 15.7. The Kier molecular flexibility index (Phi) is 5.59. The lowest BCUT2D eigenvalue weighted by Gasteiger charge is -2.10. The van der Waals surface area contributed by atoms with Gasteiger partial charge in [-0.15, -0.1) is 0 Å². The van der Waals surface area contributed by atoms with Crippen LogP contribution in [0.2, 0.25) is 15.1 Å². The maximum absolute atomic E-state index is 12.3. The molecule has 20 heavy (non-hydrogen) atoms. The highest BCUT2D eigenvalue weighted by molar-refractivity contribution is 14.1. The van der Waals surface area contributed by atoms with E-state index in [4.69, 9.17) is 34.8 Å². The van der Waals surface area contributed by atoms with Gasteiger partial charge in [-0.25, -0.2) is 0 Å². The van der Waals surface area contributed by atoms with Crippen molar-refractivity contribution in [1.82, 2.24) is 0 Å². The van der Waals surface area contributed by atoms with Crippen LogP contribution in [0.25, 0.3) is 0 Å². The predicted octanol–water partition coefficient (Wildman–Crippen LogP) is 6.27. The number of carbonyl (C=O) groups is 1. The van der Waals surface area contributed by atoms with Gasteiger partial charge in [-0.3, -0.25) is 4.79 Å². The Morgan fingerprint density at radius 1 is 1.05 bits per heavy atom. The van der Waals surface area contributed by atoms with Crippen LogP contribution in [0.15, 0.2) is 34.8 Å². The van der Waals surface area contributed by atoms with Crippen molar-refractivity contribution in [3.8, 4) is 0 Å². The first-order valence-electron chi connectivity index (χ1n) is 5.29. The third-order valence-corrected chi connectivity index (χ3v) is 4.83. The first-order chi connectivity index (χ1) is 9.38. The first-order valence-corrected chi connectivity index (χ1v) is 8.30. The topological polar surface area (TPSA) is 29.1 Å². The van der Waals surface area contributed by atoms with Crippen LogP contribution in [0.4, 0.5) is 5.69 Å². The van der Waals surface area contributed by atoms with Crippen molar-refractivity contribution in [2.75, 3.05) is 5.32 Å². The Morgan fingerprint density at radius 2 is 1.70 bits per heavy atom. The molecule has 0 aliphatic heterocycles. The lowest BCUT2D eigenvalue weighted by molar-refractivity contribution is 0.102. The van der Waals surface area contributed by atoms with Gasteiger partial charge in [0.25, 0.3) is 5.91 Å². The molecule has 1 amide bonds. The average molecular weight is 505 g/mol. The fourth-order valence-corrected chi connectivity index (χ4v) is 2.99. The molecule has 1 N–H and O–H groups in total. The highest BCUT2D eigenvalue weighted by Gasteiger charge is 2.14. The number of halogens is 5. The lowest BCUT2D eigenvalue weighted by Crippen LogP contribution is -2.13. The van der Waals surface area contributed by atoms with Crippen molar-refractivity contribution in [2.24, 2.45) is 0 Å². The monoisotopic (exact) mass is 503 g/mol. The number of nitrogens with one attached hydrogen (secondary N) is 1. The summed E-state index contributed by atoms with van der Waals surface area (Å²) in [5, 5.41) is 3.71. The maximum atomic E-state index is 12.3. The predicted molar refractivity (Wildman–Crippen MR) is 96.3 cm³/mol. The molecular weight excluding hydrogens is 499 g/mol. The fourth-order valence-electron chi connectivity index (χ4n) is 1.48. The molecule has 0 bridgehead atoms. The summed E-state index contributed by atoms with van der Waals surface area (Å²) >= 11 is 23.3. The van der Waals surface area contributed by atoms with Crippen molar-refractivity contribution >= 4 is 84.9 Å². The number of rotatable bonds is 2. The van der Waals surface area contributed by atoms with Crippen LogP contribution in [-0.2, 0) is 0 Å². The van der Waals surface area contributed by atoms with Gasteiger partial charge in [0.05, 0.1) is 26.3 Å². The summed E-state index contributed by atoms with van der Waals surface area (Å²) in [7, 11) is 0. The van der Waals surface area contributed by atoms with Crippen LogP contribution in [0.3, 0.4) is 0 Å². The summed E-state index contributed by atoms with van der Waals surface area (Å²) in [6.07, 6.45) is 0. The minimum atomic E-state index is -0.282. The number of amides is 1. The molecule has 0 saturated heterocycles. The van der Waals surface area contributed by atoms with Gasteiger partial charge in [0.1, 0.15) is 0 Å². The van der Waals surface area contributed by atoms with Crippen molar-refractivity contribution in [3.05, 3.63) is 59.0 Å². The number of anilines is 1. The Morgan fingerprint density at radius 3 is 2.40 bits per heavy atom. The molecule has 2 nitrogen and oxygen atoms in total. The van der Waals surface area contributed by atoms with Gasteiger partial charge in [-0.05, 0) is 68.9 Å². The van der Waals surface area contributed by atoms with E-state index in [9.17, 15) is 4.79 Å². The SMILES string of the molecule is O=C(Nc1cc(Cl)c(Cl)cc1Cl)c1cc(I)ccc1Br. The van der Waals surface area contributed by atoms with Crippen LogP contribution in [0.1, 0.15) is 10.4 Å². The molecule has 0 aliphatic carbocycles. The summed E-state index contributed by atoms with van der Waals surface area (Å²) < 4.78 is 1.66. The quantitative estimate of drug-likeness (QED) is 0.379. The largest absolute Gasteiger partial charge is 0.321 e. The molecule has 0 spiro atoms. The van der Waals surface area contributed by atoms with Gasteiger partial charge < -0.3 is 5.32 Å². The van der Waals surface area contributed by atoms with E-state index in [0.29, 0.717) is 30.8 Å². The van der Waals surface area contributed by atoms with Gasteiger partial charge in [0.2, 0.25) is 0 Å². The van der Waals surface area contributed by atoms with Gasteiger partial charge in [-0.1, -0.05) is 34.8 Å². The molecule has 0 fully saturated rings. The Hall–Kier alpha value is -0.0100. The maximum Gasteiger partial charge on any atom is 0.256 e. The van der Waals surface area contributed by atoms with E-state index in [1.807, 2.05) is 12.1 Å². The van der Waals surface area contributed by atoms with Gasteiger partial charge >= 0.3 is 0 Å². The summed E-state index contributed by atoms with van der Waals surface area (Å²) in [6, 6.07) is 8.49. The number of benzene rings is 2. The molecule has 7 heteroatoms. The minimum absolute atomic E-state index is 0.282. The summed E-state index contributed by atoms with van der Waals surface area (Å²) in [6.45, 7) is 0. The molecular formula is C13H6BrCl3INO. The van der Waals surface area contributed by atoms with Crippen LogP contribution in [-0.4, -0.2) is 5.91 Å². The van der Waals surface area contributed by atoms with Crippen molar-refractivity contribution < 1.29 is 4.79 Å². The number of hydrogen-bond donors (Lipinski definition) is 1. The first kappa shape index (κ1) is 16.4. The lowest BCUT2D eigenvalue weighted by atomic mass is 10.2. The normalized spacial score (nSPS) is 10.4. The van der Waals surface area contributed by atoms with Crippen molar-refractivity contribution in [1.29, 1.82) is 0 Å². The van der Waals surface area contributed by atoms with Gasteiger partial charge in [0.15, 0.2) is 0 Å². The van der Waals surface area contributed by atoms with Crippen LogP contribution >= 0.6 is 73.3 Å². The zero-order valence-electron chi connectivity index (χ0n) is 9.68. The third kappa shape index (κ3) is 3.80. The number of carbonyl (C=O) groups excluding carboxylic acids is 1. The second-order valence-corrected chi connectivity index (χ2v) is 7.15. The molecule has 2 aromatic carbocycles. The molecule has 2 rings (SSSR count). The molecule has 0 saturated carbocycles.